The number of aromatic nitrogens is 2. The van der Waals surface area contributed by atoms with Gasteiger partial charge in [-0.15, -0.1) is 0 Å². The number of benzene rings is 1. The summed E-state index contributed by atoms with van der Waals surface area (Å²) in [6.07, 6.45) is 4.63. The second-order valence-corrected chi connectivity index (χ2v) is 4.57. The van der Waals surface area contributed by atoms with E-state index in [0.717, 1.165) is 25.2 Å². The third-order valence-electron chi connectivity index (χ3n) is 3.00. The molecular formula is C15H20N4O2. The Labute approximate surface area is 123 Å². The van der Waals surface area contributed by atoms with Crippen LogP contribution >= 0.6 is 0 Å². The number of nitrogen functional groups attached to an aromatic ring is 1. The summed E-state index contributed by atoms with van der Waals surface area (Å²) in [6.45, 7) is 3.73. The molecule has 0 amide bonds. The number of hydrogen-bond acceptors (Lipinski definition) is 5. The fraction of sp³-hybridized carbons (Fsp3) is 0.333. The lowest BCUT2D eigenvalue weighted by atomic mass is 10.1. The molecule has 0 saturated heterocycles. The number of rotatable bonds is 7. The Morgan fingerprint density at radius 2 is 2.33 bits per heavy atom. The zero-order valence-electron chi connectivity index (χ0n) is 12.1. The van der Waals surface area contributed by atoms with Crippen LogP contribution in [0.1, 0.15) is 23.7 Å². The number of carbonyl (C=O) groups excluding carboxylic acids is 1. The van der Waals surface area contributed by atoms with Crippen molar-refractivity contribution in [3.63, 3.8) is 0 Å². The van der Waals surface area contributed by atoms with Crippen LogP contribution in [0.5, 0.6) is 0 Å². The van der Waals surface area contributed by atoms with Gasteiger partial charge in [0.05, 0.1) is 12.2 Å². The van der Waals surface area contributed by atoms with Crippen molar-refractivity contribution in [1.82, 2.24) is 9.78 Å². The molecule has 6 nitrogen and oxygen atoms in total. The minimum absolute atomic E-state index is 0.333. The lowest BCUT2D eigenvalue weighted by Gasteiger charge is -2.10. The van der Waals surface area contributed by atoms with Crippen molar-refractivity contribution in [3.8, 4) is 0 Å². The molecule has 3 N–H and O–H groups in total. The Hall–Kier alpha value is -2.50. The van der Waals surface area contributed by atoms with Crippen molar-refractivity contribution in [2.75, 3.05) is 24.2 Å². The molecule has 2 aromatic rings. The molecule has 1 heterocycles. The second kappa shape index (κ2) is 7.33. The molecule has 0 atom stereocenters. The number of nitrogens with two attached hydrogens (primary N) is 1. The molecule has 1 aromatic carbocycles. The molecule has 0 fully saturated rings. The van der Waals surface area contributed by atoms with Crippen molar-refractivity contribution in [1.29, 1.82) is 0 Å². The van der Waals surface area contributed by atoms with Gasteiger partial charge in [-0.2, -0.15) is 5.10 Å². The topological polar surface area (TPSA) is 82.2 Å². The summed E-state index contributed by atoms with van der Waals surface area (Å²) >= 11 is 0. The van der Waals surface area contributed by atoms with Crippen LogP contribution in [-0.2, 0) is 11.3 Å². The molecule has 2 rings (SSSR count). The average Bonchev–Trinajstić information content (AvgIpc) is 2.98. The zero-order chi connectivity index (χ0) is 15.1. The predicted molar refractivity (Wildman–Crippen MR) is 82.1 cm³/mol. The molecular weight excluding hydrogens is 268 g/mol. The van der Waals surface area contributed by atoms with E-state index in [0.29, 0.717) is 17.9 Å². The summed E-state index contributed by atoms with van der Waals surface area (Å²) < 4.78 is 6.86. The summed E-state index contributed by atoms with van der Waals surface area (Å²) in [5.74, 6) is -0.393. The maximum Gasteiger partial charge on any atom is 0.340 e. The number of hydrogen-bond donors (Lipinski definition) is 2. The Kier molecular flexibility index (Phi) is 5.20. The number of aryl methyl sites for hydroxylation is 1. The predicted octanol–water partition coefficient (Wildman–Crippen LogP) is 2.14. The van der Waals surface area contributed by atoms with Crippen LogP contribution in [0.2, 0.25) is 0 Å². The zero-order valence-corrected chi connectivity index (χ0v) is 12.1. The standard InChI is InChI=1S/C15H20N4O2/c1-2-21-15(20)13-11-12(5-6-14(13)16)17-7-3-9-19-10-4-8-18-19/h4-6,8,10-11,17H,2-3,7,9,16H2,1H3. The lowest BCUT2D eigenvalue weighted by molar-refractivity contribution is 0.0527. The highest BCUT2D eigenvalue weighted by Gasteiger charge is 2.11. The van der Waals surface area contributed by atoms with Crippen LogP contribution in [0.15, 0.2) is 36.7 Å². The van der Waals surface area contributed by atoms with Crippen molar-refractivity contribution in [2.45, 2.75) is 19.9 Å². The number of anilines is 2. The number of ether oxygens (including phenoxy) is 1. The molecule has 0 aliphatic carbocycles. The van der Waals surface area contributed by atoms with Gasteiger partial charge in [0.2, 0.25) is 0 Å². The molecule has 6 heteroatoms. The monoisotopic (exact) mass is 288 g/mol. The van der Waals surface area contributed by atoms with Crippen LogP contribution in [0, 0.1) is 0 Å². The minimum Gasteiger partial charge on any atom is -0.462 e. The third-order valence-corrected chi connectivity index (χ3v) is 3.00. The fourth-order valence-corrected chi connectivity index (χ4v) is 1.96. The summed E-state index contributed by atoms with van der Waals surface area (Å²) in [6, 6.07) is 7.19. The van der Waals surface area contributed by atoms with Crippen LogP contribution in [0.4, 0.5) is 11.4 Å². The molecule has 112 valence electrons. The van der Waals surface area contributed by atoms with Gasteiger partial charge in [0.1, 0.15) is 0 Å². The summed E-state index contributed by atoms with van der Waals surface area (Å²) in [4.78, 5) is 11.8. The van der Waals surface area contributed by atoms with Crippen molar-refractivity contribution in [3.05, 3.63) is 42.2 Å². The van der Waals surface area contributed by atoms with E-state index in [1.807, 2.05) is 23.0 Å². The largest absolute Gasteiger partial charge is 0.462 e. The Morgan fingerprint density at radius 1 is 1.48 bits per heavy atom. The molecule has 0 aliphatic rings. The Morgan fingerprint density at radius 3 is 3.05 bits per heavy atom. The molecule has 0 saturated carbocycles. The van der Waals surface area contributed by atoms with E-state index in [1.165, 1.54) is 0 Å². The summed E-state index contributed by atoms with van der Waals surface area (Å²) in [7, 11) is 0. The maximum absolute atomic E-state index is 11.8. The van der Waals surface area contributed by atoms with E-state index in [9.17, 15) is 4.79 Å². The Bertz CT molecular complexity index is 581. The highest BCUT2D eigenvalue weighted by atomic mass is 16.5. The van der Waals surface area contributed by atoms with Gasteiger partial charge in [0, 0.05) is 36.9 Å². The Balaban J connectivity index is 1.88. The van der Waals surface area contributed by atoms with E-state index in [4.69, 9.17) is 10.5 Å². The van der Waals surface area contributed by atoms with E-state index in [-0.39, 0.29) is 0 Å². The average molecular weight is 288 g/mol. The van der Waals surface area contributed by atoms with Crippen LogP contribution < -0.4 is 11.1 Å². The van der Waals surface area contributed by atoms with Gasteiger partial charge in [-0.3, -0.25) is 4.68 Å². The molecule has 1 aromatic heterocycles. The smallest absolute Gasteiger partial charge is 0.340 e. The third kappa shape index (κ3) is 4.24. The lowest BCUT2D eigenvalue weighted by Crippen LogP contribution is -2.10. The molecule has 0 bridgehead atoms. The number of carbonyl (C=O) groups is 1. The molecule has 21 heavy (non-hydrogen) atoms. The van der Waals surface area contributed by atoms with E-state index >= 15 is 0 Å². The SMILES string of the molecule is CCOC(=O)c1cc(NCCCn2cccn2)ccc1N. The molecule has 0 unspecified atom stereocenters. The molecule has 0 radical (unpaired) electrons. The second-order valence-electron chi connectivity index (χ2n) is 4.57. The summed E-state index contributed by atoms with van der Waals surface area (Å²) in [5, 5.41) is 7.41. The number of nitrogens with one attached hydrogen (secondary N) is 1. The maximum atomic E-state index is 11.8. The summed E-state index contributed by atoms with van der Waals surface area (Å²) in [5.41, 5.74) is 7.48. The van der Waals surface area contributed by atoms with Gasteiger partial charge in [0.25, 0.3) is 0 Å². The highest BCUT2D eigenvalue weighted by molar-refractivity contribution is 5.96. The fourth-order valence-electron chi connectivity index (χ4n) is 1.96. The van der Waals surface area contributed by atoms with Crippen LogP contribution in [0.3, 0.4) is 0 Å². The molecule has 0 spiro atoms. The first-order valence-electron chi connectivity index (χ1n) is 6.98. The first kappa shape index (κ1) is 14.9. The van der Waals surface area contributed by atoms with Gasteiger partial charge in [0.15, 0.2) is 0 Å². The van der Waals surface area contributed by atoms with Gasteiger partial charge < -0.3 is 15.8 Å². The highest BCUT2D eigenvalue weighted by Crippen LogP contribution is 2.19. The van der Waals surface area contributed by atoms with E-state index < -0.39 is 5.97 Å². The normalized spacial score (nSPS) is 10.3. The van der Waals surface area contributed by atoms with Gasteiger partial charge in [-0.1, -0.05) is 0 Å². The van der Waals surface area contributed by atoms with Gasteiger partial charge >= 0.3 is 5.97 Å². The molecule has 0 aliphatic heterocycles. The van der Waals surface area contributed by atoms with Crippen LogP contribution in [-0.4, -0.2) is 28.9 Å². The van der Waals surface area contributed by atoms with Crippen molar-refractivity contribution >= 4 is 17.3 Å². The van der Waals surface area contributed by atoms with Crippen molar-refractivity contribution < 1.29 is 9.53 Å². The first-order valence-corrected chi connectivity index (χ1v) is 6.98. The quantitative estimate of drug-likeness (QED) is 0.463. The van der Waals surface area contributed by atoms with Gasteiger partial charge in [-0.05, 0) is 37.6 Å². The van der Waals surface area contributed by atoms with E-state index in [2.05, 4.69) is 10.4 Å². The van der Waals surface area contributed by atoms with Crippen molar-refractivity contribution in [2.24, 2.45) is 0 Å². The van der Waals surface area contributed by atoms with Gasteiger partial charge in [-0.25, -0.2) is 4.79 Å². The van der Waals surface area contributed by atoms with Crippen LogP contribution in [0.25, 0.3) is 0 Å². The minimum atomic E-state index is -0.393. The number of esters is 1. The first-order chi connectivity index (χ1) is 10.2. The number of nitrogens with zero attached hydrogens (tertiary/aromatic N) is 2. The van der Waals surface area contributed by atoms with E-state index in [1.54, 1.807) is 25.3 Å².